The topological polar surface area (TPSA) is 70.9 Å². The molecule has 0 aliphatic rings. The average molecular weight is 324 g/mol. The van der Waals surface area contributed by atoms with Crippen molar-refractivity contribution in [3.05, 3.63) is 53.9 Å². The molecule has 0 saturated carbocycles. The molecule has 6 nitrogen and oxygen atoms in total. The molecule has 7 heteroatoms. The van der Waals surface area contributed by atoms with Crippen LogP contribution in [0.1, 0.15) is 18.2 Å². The van der Waals surface area contributed by atoms with Crippen LogP contribution >= 0.6 is 0 Å². The molecule has 24 heavy (non-hydrogen) atoms. The van der Waals surface area contributed by atoms with Crippen LogP contribution in [0.15, 0.2) is 36.8 Å². The third kappa shape index (κ3) is 2.58. The maximum Gasteiger partial charge on any atom is 0.254 e. The molecule has 4 aromatic rings. The van der Waals surface area contributed by atoms with Gasteiger partial charge in [0.2, 0.25) is 0 Å². The zero-order valence-electron chi connectivity index (χ0n) is 13.3. The van der Waals surface area contributed by atoms with Crippen molar-refractivity contribution in [2.45, 2.75) is 19.8 Å². The Morgan fingerprint density at radius 2 is 2.21 bits per heavy atom. The largest absolute Gasteiger partial charge is 0.370 e. The highest BCUT2D eigenvalue weighted by molar-refractivity contribution is 5.83. The molecule has 0 unspecified atom stereocenters. The van der Waals surface area contributed by atoms with E-state index in [0.29, 0.717) is 5.78 Å². The van der Waals surface area contributed by atoms with Gasteiger partial charge in [0.1, 0.15) is 18.0 Å². The average Bonchev–Trinajstić information content (AvgIpc) is 3.21. The van der Waals surface area contributed by atoms with Gasteiger partial charge in [0.15, 0.2) is 0 Å². The SMILES string of the molecule is CCc1cc(NCCc2c[nH]c3cc(F)ccc23)n2ncnc2n1. The van der Waals surface area contributed by atoms with Crippen LogP contribution in [-0.4, -0.2) is 31.1 Å². The third-order valence-electron chi connectivity index (χ3n) is 4.10. The number of H-pyrrole nitrogens is 1. The van der Waals surface area contributed by atoms with Crippen LogP contribution in [0.25, 0.3) is 16.7 Å². The zero-order valence-corrected chi connectivity index (χ0v) is 13.3. The molecule has 122 valence electrons. The Balaban J connectivity index is 1.53. The number of fused-ring (bicyclic) bond motifs is 2. The van der Waals surface area contributed by atoms with Gasteiger partial charge in [-0.3, -0.25) is 0 Å². The predicted molar refractivity (Wildman–Crippen MR) is 90.6 cm³/mol. The Labute approximate surface area is 137 Å². The lowest BCUT2D eigenvalue weighted by Crippen LogP contribution is -2.10. The summed E-state index contributed by atoms with van der Waals surface area (Å²) in [6, 6.07) is 6.81. The highest BCUT2D eigenvalue weighted by Crippen LogP contribution is 2.20. The van der Waals surface area contributed by atoms with E-state index < -0.39 is 0 Å². The second-order valence-electron chi connectivity index (χ2n) is 5.64. The summed E-state index contributed by atoms with van der Waals surface area (Å²) in [5, 5.41) is 8.65. The predicted octanol–water partition coefficient (Wildman–Crippen LogP) is 2.96. The first-order valence-corrected chi connectivity index (χ1v) is 7.93. The molecule has 0 bridgehead atoms. The van der Waals surface area contributed by atoms with Crippen LogP contribution in [0, 0.1) is 5.82 Å². The van der Waals surface area contributed by atoms with Gasteiger partial charge in [0, 0.05) is 35.4 Å². The molecule has 0 saturated heterocycles. The van der Waals surface area contributed by atoms with Crippen molar-refractivity contribution in [3.63, 3.8) is 0 Å². The summed E-state index contributed by atoms with van der Waals surface area (Å²) in [5.74, 6) is 1.24. The van der Waals surface area contributed by atoms with Crippen LogP contribution < -0.4 is 5.32 Å². The van der Waals surface area contributed by atoms with E-state index in [-0.39, 0.29) is 5.82 Å². The number of aromatic nitrogens is 5. The quantitative estimate of drug-likeness (QED) is 0.592. The van der Waals surface area contributed by atoms with E-state index in [4.69, 9.17) is 0 Å². The molecular weight excluding hydrogens is 307 g/mol. The summed E-state index contributed by atoms with van der Waals surface area (Å²) in [5.41, 5.74) is 2.94. The summed E-state index contributed by atoms with van der Waals surface area (Å²) < 4.78 is 15.0. The molecule has 4 rings (SSSR count). The fourth-order valence-corrected chi connectivity index (χ4v) is 2.86. The first-order valence-electron chi connectivity index (χ1n) is 7.93. The van der Waals surface area contributed by atoms with Crippen molar-refractivity contribution in [2.75, 3.05) is 11.9 Å². The van der Waals surface area contributed by atoms with Crippen molar-refractivity contribution < 1.29 is 4.39 Å². The molecule has 2 N–H and O–H groups in total. The number of nitrogens with one attached hydrogen (secondary N) is 2. The van der Waals surface area contributed by atoms with E-state index >= 15 is 0 Å². The summed E-state index contributed by atoms with van der Waals surface area (Å²) in [6.45, 7) is 2.79. The van der Waals surface area contributed by atoms with E-state index in [9.17, 15) is 4.39 Å². The van der Waals surface area contributed by atoms with Gasteiger partial charge in [-0.1, -0.05) is 6.92 Å². The van der Waals surface area contributed by atoms with E-state index in [1.165, 1.54) is 18.5 Å². The summed E-state index contributed by atoms with van der Waals surface area (Å²) in [4.78, 5) is 11.7. The van der Waals surface area contributed by atoms with Crippen molar-refractivity contribution in [1.29, 1.82) is 0 Å². The van der Waals surface area contributed by atoms with Crippen LogP contribution in [-0.2, 0) is 12.8 Å². The number of nitrogens with zero attached hydrogens (tertiary/aromatic N) is 4. The lowest BCUT2D eigenvalue weighted by Gasteiger charge is -2.09. The fraction of sp³-hybridized carbons (Fsp3) is 0.235. The Bertz CT molecular complexity index is 1000. The van der Waals surface area contributed by atoms with E-state index in [2.05, 4.69) is 32.3 Å². The first kappa shape index (κ1) is 14.6. The fourth-order valence-electron chi connectivity index (χ4n) is 2.86. The number of benzene rings is 1. The number of rotatable bonds is 5. The molecule has 0 aliphatic carbocycles. The molecular formula is C17H17FN6. The number of aromatic amines is 1. The highest BCUT2D eigenvalue weighted by atomic mass is 19.1. The smallest absolute Gasteiger partial charge is 0.254 e. The number of hydrogen-bond donors (Lipinski definition) is 2. The monoisotopic (exact) mass is 324 g/mol. The Hall–Kier alpha value is -2.96. The molecule has 3 aromatic heterocycles. The maximum absolute atomic E-state index is 13.3. The number of hydrogen-bond acceptors (Lipinski definition) is 4. The molecule has 0 atom stereocenters. The standard InChI is InChI=1S/C17H17FN6/c1-2-13-8-16(24-17(23-13)21-10-22-24)19-6-5-11-9-20-15-7-12(18)3-4-14(11)15/h3-4,7-10,19-20H,2,5-6H2,1H3. The second kappa shape index (κ2) is 5.92. The van der Waals surface area contributed by atoms with E-state index in [1.807, 2.05) is 18.3 Å². The minimum atomic E-state index is -0.230. The second-order valence-corrected chi connectivity index (χ2v) is 5.64. The van der Waals surface area contributed by atoms with Gasteiger partial charge in [0.05, 0.1) is 0 Å². The van der Waals surface area contributed by atoms with Crippen molar-refractivity contribution in [3.8, 4) is 0 Å². The lowest BCUT2D eigenvalue weighted by atomic mass is 10.1. The third-order valence-corrected chi connectivity index (χ3v) is 4.10. The van der Waals surface area contributed by atoms with Gasteiger partial charge in [-0.15, -0.1) is 0 Å². The molecule has 0 aliphatic heterocycles. The minimum Gasteiger partial charge on any atom is -0.370 e. The Morgan fingerprint density at radius 3 is 3.08 bits per heavy atom. The zero-order chi connectivity index (χ0) is 16.5. The van der Waals surface area contributed by atoms with Gasteiger partial charge in [-0.2, -0.15) is 14.6 Å². The van der Waals surface area contributed by atoms with Gasteiger partial charge >= 0.3 is 0 Å². The molecule has 3 heterocycles. The van der Waals surface area contributed by atoms with Crippen molar-refractivity contribution in [2.24, 2.45) is 0 Å². The summed E-state index contributed by atoms with van der Waals surface area (Å²) in [7, 11) is 0. The van der Waals surface area contributed by atoms with Crippen LogP contribution in [0.2, 0.25) is 0 Å². The molecule has 0 amide bonds. The van der Waals surface area contributed by atoms with Gasteiger partial charge in [0.25, 0.3) is 5.78 Å². The molecule has 0 fully saturated rings. The number of aryl methyl sites for hydroxylation is 1. The lowest BCUT2D eigenvalue weighted by molar-refractivity contribution is 0.629. The molecule has 0 spiro atoms. The minimum absolute atomic E-state index is 0.230. The maximum atomic E-state index is 13.3. The summed E-state index contributed by atoms with van der Waals surface area (Å²) >= 11 is 0. The van der Waals surface area contributed by atoms with E-state index in [0.717, 1.165) is 47.4 Å². The Kier molecular flexibility index (Phi) is 3.60. The van der Waals surface area contributed by atoms with Crippen molar-refractivity contribution in [1.82, 2.24) is 24.6 Å². The molecule has 0 radical (unpaired) electrons. The first-order chi connectivity index (χ1) is 11.7. The molecule has 1 aromatic carbocycles. The Morgan fingerprint density at radius 1 is 1.29 bits per heavy atom. The number of halogens is 1. The van der Waals surface area contributed by atoms with Gasteiger partial charge in [-0.25, -0.2) is 9.37 Å². The van der Waals surface area contributed by atoms with E-state index in [1.54, 1.807) is 4.52 Å². The highest BCUT2D eigenvalue weighted by Gasteiger charge is 2.08. The summed E-state index contributed by atoms with van der Waals surface area (Å²) in [6.07, 6.45) is 5.08. The van der Waals surface area contributed by atoms with Gasteiger partial charge < -0.3 is 10.3 Å². The number of anilines is 1. The van der Waals surface area contributed by atoms with Crippen LogP contribution in [0.4, 0.5) is 10.2 Å². The normalized spacial score (nSPS) is 11.4. The van der Waals surface area contributed by atoms with Gasteiger partial charge in [-0.05, 0) is 36.6 Å². The van der Waals surface area contributed by atoms with Crippen molar-refractivity contribution >= 4 is 22.5 Å². The van der Waals surface area contributed by atoms with Crippen LogP contribution in [0.5, 0.6) is 0 Å². The van der Waals surface area contributed by atoms with Crippen LogP contribution in [0.3, 0.4) is 0 Å².